The Labute approximate surface area is 125 Å². The van der Waals surface area contributed by atoms with E-state index in [1.54, 1.807) is 11.3 Å². The van der Waals surface area contributed by atoms with Crippen LogP contribution in [0.1, 0.15) is 45.8 Å². The lowest BCUT2D eigenvalue weighted by molar-refractivity contribution is 0.0767. The third-order valence-corrected chi connectivity index (χ3v) is 5.69. The molecule has 3 nitrogen and oxygen atoms in total. The minimum absolute atomic E-state index is 0.262. The highest BCUT2D eigenvalue weighted by Crippen LogP contribution is 2.29. The molecule has 0 aromatic carbocycles. The Kier molecular flexibility index (Phi) is 4.41. The van der Waals surface area contributed by atoms with E-state index < -0.39 is 0 Å². The number of fused-ring (bicyclic) bond motifs is 1. The van der Waals surface area contributed by atoms with Crippen molar-refractivity contribution in [2.75, 3.05) is 33.2 Å². The molecule has 0 unspecified atom stereocenters. The van der Waals surface area contributed by atoms with Crippen LogP contribution in [0.15, 0.2) is 6.07 Å². The van der Waals surface area contributed by atoms with E-state index in [2.05, 4.69) is 22.9 Å². The average molecular weight is 292 g/mol. The molecule has 1 aliphatic heterocycles. The third kappa shape index (κ3) is 3.07. The first-order chi connectivity index (χ1) is 9.74. The number of likely N-dealkylation sites (N-methyl/N-ethyl adjacent to an activating group) is 1. The van der Waals surface area contributed by atoms with Gasteiger partial charge in [0.25, 0.3) is 5.91 Å². The van der Waals surface area contributed by atoms with Gasteiger partial charge in [-0.05, 0) is 57.3 Å². The number of hydrogen-bond acceptors (Lipinski definition) is 3. The van der Waals surface area contributed by atoms with E-state index in [1.807, 2.05) is 0 Å². The van der Waals surface area contributed by atoms with Gasteiger partial charge >= 0.3 is 0 Å². The van der Waals surface area contributed by atoms with Crippen LogP contribution in [0.25, 0.3) is 0 Å². The Bertz CT molecular complexity index is 459. The van der Waals surface area contributed by atoms with Gasteiger partial charge in [-0.15, -0.1) is 11.3 Å². The predicted molar refractivity (Wildman–Crippen MR) is 83.6 cm³/mol. The summed E-state index contributed by atoms with van der Waals surface area (Å²) in [6.07, 6.45) is 7.34. The van der Waals surface area contributed by atoms with E-state index >= 15 is 0 Å². The summed E-state index contributed by atoms with van der Waals surface area (Å²) in [7, 11) is 2.14. The van der Waals surface area contributed by atoms with Gasteiger partial charge in [-0.25, -0.2) is 0 Å². The second-order valence-electron chi connectivity index (χ2n) is 6.07. The van der Waals surface area contributed by atoms with E-state index in [0.29, 0.717) is 0 Å². The van der Waals surface area contributed by atoms with Crippen LogP contribution in [-0.2, 0) is 12.8 Å². The molecule has 0 saturated carbocycles. The smallest absolute Gasteiger partial charge is 0.263 e. The number of hydrogen-bond donors (Lipinski definition) is 0. The van der Waals surface area contributed by atoms with Crippen molar-refractivity contribution in [3.8, 4) is 0 Å². The van der Waals surface area contributed by atoms with Crippen LogP contribution in [-0.4, -0.2) is 48.9 Å². The fourth-order valence-electron chi connectivity index (χ4n) is 3.18. The largest absolute Gasteiger partial charge is 0.337 e. The maximum atomic E-state index is 12.7. The quantitative estimate of drug-likeness (QED) is 0.743. The number of rotatable bonds is 1. The zero-order valence-electron chi connectivity index (χ0n) is 12.4. The summed E-state index contributed by atoms with van der Waals surface area (Å²) in [5.41, 5.74) is 1.45. The summed E-state index contributed by atoms with van der Waals surface area (Å²) in [4.78, 5) is 19.5. The first-order valence-corrected chi connectivity index (χ1v) is 8.65. The Morgan fingerprint density at radius 2 is 1.90 bits per heavy atom. The molecule has 1 aromatic rings. The van der Waals surface area contributed by atoms with Crippen molar-refractivity contribution in [1.82, 2.24) is 9.80 Å². The molecule has 1 saturated heterocycles. The summed E-state index contributed by atoms with van der Waals surface area (Å²) in [6.45, 7) is 3.88. The van der Waals surface area contributed by atoms with E-state index in [0.717, 1.165) is 37.5 Å². The Balaban J connectivity index is 1.73. The molecule has 0 N–H and O–H groups in total. The summed E-state index contributed by atoms with van der Waals surface area (Å²) >= 11 is 1.75. The minimum atomic E-state index is 0.262. The van der Waals surface area contributed by atoms with Crippen LogP contribution in [0.5, 0.6) is 0 Å². The monoisotopic (exact) mass is 292 g/mol. The van der Waals surface area contributed by atoms with Crippen molar-refractivity contribution in [3.05, 3.63) is 21.4 Å². The van der Waals surface area contributed by atoms with Gasteiger partial charge in [-0.1, -0.05) is 6.42 Å². The Morgan fingerprint density at radius 3 is 2.80 bits per heavy atom. The minimum Gasteiger partial charge on any atom is -0.337 e. The third-order valence-electron chi connectivity index (χ3n) is 4.46. The summed E-state index contributed by atoms with van der Waals surface area (Å²) < 4.78 is 0. The topological polar surface area (TPSA) is 23.6 Å². The Hall–Kier alpha value is -0.870. The van der Waals surface area contributed by atoms with E-state index in [-0.39, 0.29) is 5.91 Å². The molecule has 0 atom stereocenters. The highest BCUT2D eigenvalue weighted by molar-refractivity contribution is 7.14. The standard InChI is InChI=1S/C16H24N2OS/c1-17-8-5-9-18(11-10-17)16(19)15-12-13-6-3-2-4-7-14(13)20-15/h12H,2-11H2,1H3. The first kappa shape index (κ1) is 14.1. The number of nitrogens with zero attached hydrogens (tertiary/aromatic N) is 2. The van der Waals surface area contributed by atoms with Crippen LogP contribution in [0.2, 0.25) is 0 Å². The first-order valence-electron chi connectivity index (χ1n) is 7.83. The molecular formula is C16H24N2OS. The average Bonchev–Trinajstić information content (AvgIpc) is 2.61. The van der Waals surface area contributed by atoms with Crippen LogP contribution < -0.4 is 0 Å². The summed E-state index contributed by atoms with van der Waals surface area (Å²) in [5.74, 6) is 0.262. The molecule has 20 heavy (non-hydrogen) atoms. The van der Waals surface area contributed by atoms with E-state index in [9.17, 15) is 4.79 Å². The van der Waals surface area contributed by atoms with Crippen molar-refractivity contribution in [2.24, 2.45) is 0 Å². The number of carbonyl (C=O) groups excluding carboxylic acids is 1. The number of thiophene rings is 1. The molecule has 0 spiro atoms. The van der Waals surface area contributed by atoms with Gasteiger partial charge in [-0.2, -0.15) is 0 Å². The van der Waals surface area contributed by atoms with Gasteiger partial charge in [0.05, 0.1) is 4.88 Å². The lowest BCUT2D eigenvalue weighted by atomic mass is 10.1. The fraction of sp³-hybridized carbons (Fsp3) is 0.688. The molecule has 0 bridgehead atoms. The Morgan fingerprint density at radius 1 is 1.05 bits per heavy atom. The molecule has 1 aliphatic carbocycles. The highest BCUT2D eigenvalue weighted by atomic mass is 32.1. The lowest BCUT2D eigenvalue weighted by Crippen LogP contribution is -2.34. The van der Waals surface area contributed by atoms with Gasteiger partial charge in [0.15, 0.2) is 0 Å². The molecule has 1 amide bonds. The molecule has 2 heterocycles. The molecule has 110 valence electrons. The molecule has 2 aliphatic rings. The molecule has 1 aromatic heterocycles. The van der Waals surface area contributed by atoms with Gasteiger partial charge < -0.3 is 9.80 Å². The van der Waals surface area contributed by atoms with Crippen LogP contribution in [0.4, 0.5) is 0 Å². The van der Waals surface area contributed by atoms with Crippen molar-refractivity contribution >= 4 is 17.2 Å². The second-order valence-corrected chi connectivity index (χ2v) is 7.21. The number of carbonyl (C=O) groups is 1. The molecule has 0 radical (unpaired) electrons. The van der Waals surface area contributed by atoms with Gasteiger partial charge in [0, 0.05) is 24.5 Å². The van der Waals surface area contributed by atoms with E-state index in [1.165, 1.54) is 42.5 Å². The van der Waals surface area contributed by atoms with Crippen LogP contribution in [0, 0.1) is 0 Å². The lowest BCUT2D eigenvalue weighted by Gasteiger charge is -2.19. The number of aryl methyl sites for hydroxylation is 2. The summed E-state index contributed by atoms with van der Waals surface area (Å²) in [6, 6.07) is 2.18. The van der Waals surface area contributed by atoms with Crippen LogP contribution in [0.3, 0.4) is 0 Å². The van der Waals surface area contributed by atoms with Gasteiger partial charge in [0.2, 0.25) is 0 Å². The van der Waals surface area contributed by atoms with Crippen molar-refractivity contribution < 1.29 is 4.79 Å². The van der Waals surface area contributed by atoms with Crippen molar-refractivity contribution in [1.29, 1.82) is 0 Å². The van der Waals surface area contributed by atoms with Gasteiger partial charge in [-0.3, -0.25) is 4.79 Å². The highest BCUT2D eigenvalue weighted by Gasteiger charge is 2.22. The van der Waals surface area contributed by atoms with E-state index in [4.69, 9.17) is 0 Å². The van der Waals surface area contributed by atoms with Crippen molar-refractivity contribution in [3.63, 3.8) is 0 Å². The van der Waals surface area contributed by atoms with Crippen LogP contribution >= 0.6 is 11.3 Å². The molecule has 3 rings (SSSR count). The molecular weight excluding hydrogens is 268 g/mol. The zero-order chi connectivity index (χ0) is 13.9. The maximum absolute atomic E-state index is 12.7. The zero-order valence-corrected chi connectivity index (χ0v) is 13.2. The molecule has 4 heteroatoms. The number of amides is 1. The van der Waals surface area contributed by atoms with Crippen molar-refractivity contribution in [2.45, 2.75) is 38.5 Å². The SMILES string of the molecule is CN1CCCN(C(=O)c2cc3c(s2)CCCCC3)CC1. The predicted octanol–water partition coefficient (Wildman–Crippen LogP) is 2.79. The fourth-order valence-corrected chi connectivity index (χ4v) is 4.40. The molecule has 1 fully saturated rings. The van der Waals surface area contributed by atoms with Gasteiger partial charge in [0.1, 0.15) is 0 Å². The normalized spacial score (nSPS) is 21.1. The maximum Gasteiger partial charge on any atom is 0.263 e. The summed E-state index contributed by atoms with van der Waals surface area (Å²) in [5, 5.41) is 0. The second kappa shape index (κ2) is 6.27.